The molecule has 0 atom stereocenters. The molecule has 2 N–H and O–H groups in total. The first-order valence-corrected chi connectivity index (χ1v) is 6.36. The summed E-state index contributed by atoms with van der Waals surface area (Å²) in [4.78, 5) is 4.54. The van der Waals surface area contributed by atoms with Gasteiger partial charge in [-0.2, -0.15) is 5.26 Å². The number of aromatic nitrogens is 2. The van der Waals surface area contributed by atoms with Gasteiger partial charge in [0.1, 0.15) is 17.3 Å². The fourth-order valence-corrected chi connectivity index (χ4v) is 2.13. The molecule has 0 aliphatic carbocycles. The van der Waals surface area contributed by atoms with Gasteiger partial charge in [0.15, 0.2) is 0 Å². The van der Waals surface area contributed by atoms with E-state index in [1.807, 2.05) is 29.7 Å². The Labute approximate surface area is 113 Å². The fourth-order valence-electron chi connectivity index (χ4n) is 2.13. The highest BCUT2D eigenvalue weighted by molar-refractivity contribution is 5.72. The molecule has 98 valence electrons. The molecular formula is C15H18N4. The minimum Gasteiger partial charge on any atom is -0.383 e. The smallest absolute Gasteiger partial charge is 0.131 e. The maximum atomic E-state index is 8.95. The molecule has 0 radical (unpaired) electrons. The zero-order valence-corrected chi connectivity index (χ0v) is 11.5. The molecule has 1 aromatic carbocycles. The van der Waals surface area contributed by atoms with Crippen LogP contribution in [0.3, 0.4) is 0 Å². The molecule has 0 aliphatic heterocycles. The molecule has 4 nitrogen and oxygen atoms in total. The Morgan fingerprint density at radius 1 is 1.42 bits per heavy atom. The number of hydrogen-bond acceptors (Lipinski definition) is 3. The summed E-state index contributed by atoms with van der Waals surface area (Å²) in [5.41, 5.74) is 8.46. The molecule has 0 bridgehead atoms. The van der Waals surface area contributed by atoms with E-state index in [0.717, 1.165) is 23.6 Å². The van der Waals surface area contributed by atoms with Gasteiger partial charge in [-0.15, -0.1) is 0 Å². The van der Waals surface area contributed by atoms with Gasteiger partial charge in [-0.1, -0.05) is 26.0 Å². The van der Waals surface area contributed by atoms with Crippen LogP contribution in [-0.4, -0.2) is 9.55 Å². The second kappa shape index (κ2) is 5.15. The lowest BCUT2D eigenvalue weighted by Gasteiger charge is -2.10. The molecule has 0 saturated heterocycles. The number of nitriles is 1. The molecule has 0 aliphatic rings. The summed E-state index contributed by atoms with van der Waals surface area (Å²) < 4.78 is 2.03. The maximum absolute atomic E-state index is 8.95. The van der Waals surface area contributed by atoms with E-state index >= 15 is 0 Å². The highest BCUT2D eigenvalue weighted by Gasteiger charge is 2.14. The predicted molar refractivity (Wildman–Crippen MR) is 76.4 cm³/mol. The molecule has 19 heavy (non-hydrogen) atoms. The first-order chi connectivity index (χ1) is 9.02. The van der Waals surface area contributed by atoms with Gasteiger partial charge < -0.3 is 10.3 Å². The number of nitrogens with two attached hydrogens (primary N) is 1. The number of rotatable bonds is 3. The fraction of sp³-hybridized carbons (Fsp3) is 0.333. The second-order valence-electron chi connectivity index (χ2n) is 5.09. The van der Waals surface area contributed by atoms with E-state index in [0.29, 0.717) is 17.3 Å². The Morgan fingerprint density at radius 2 is 2.16 bits per heavy atom. The van der Waals surface area contributed by atoms with Crippen molar-refractivity contribution in [3.05, 3.63) is 35.7 Å². The summed E-state index contributed by atoms with van der Waals surface area (Å²) in [5, 5.41) is 8.95. The SMILES string of the molecule is Cc1nc(-c2cccc(C#N)c2)c(N)n1CC(C)C. The van der Waals surface area contributed by atoms with E-state index in [9.17, 15) is 0 Å². The van der Waals surface area contributed by atoms with Gasteiger partial charge in [0.25, 0.3) is 0 Å². The number of nitrogens with zero attached hydrogens (tertiary/aromatic N) is 3. The van der Waals surface area contributed by atoms with E-state index in [1.54, 1.807) is 6.07 Å². The largest absolute Gasteiger partial charge is 0.383 e. The summed E-state index contributed by atoms with van der Waals surface area (Å²) in [6, 6.07) is 9.51. The van der Waals surface area contributed by atoms with Gasteiger partial charge >= 0.3 is 0 Å². The second-order valence-corrected chi connectivity index (χ2v) is 5.09. The van der Waals surface area contributed by atoms with Gasteiger partial charge in [-0.25, -0.2) is 4.98 Å². The number of benzene rings is 1. The van der Waals surface area contributed by atoms with Crippen molar-refractivity contribution < 1.29 is 0 Å². The Bertz CT molecular complexity index is 632. The van der Waals surface area contributed by atoms with E-state index in [1.165, 1.54) is 0 Å². The zero-order valence-electron chi connectivity index (χ0n) is 11.5. The minimum atomic E-state index is 0.508. The summed E-state index contributed by atoms with van der Waals surface area (Å²) in [6.45, 7) is 7.10. The lowest BCUT2D eigenvalue weighted by atomic mass is 10.1. The third-order valence-electron chi connectivity index (χ3n) is 3.01. The average molecular weight is 254 g/mol. The van der Waals surface area contributed by atoms with Crippen LogP contribution in [0.25, 0.3) is 11.3 Å². The van der Waals surface area contributed by atoms with Crippen LogP contribution < -0.4 is 5.73 Å². The molecule has 4 heteroatoms. The molecule has 0 unspecified atom stereocenters. The Morgan fingerprint density at radius 3 is 2.79 bits per heavy atom. The number of imidazole rings is 1. The van der Waals surface area contributed by atoms with Gasteiger partial charge in [0.05, 0.1) is 11.6 Å². The highest BCUT2D eigenvalue weighted by atomic mass is 15.1. The van der Waals surface area contributed by atoms with Crippen LogP contribution in [-0.2, 0) is 6.54 Å². The maximum Gasteiger partial charge on any atom is 0.131 e. The van der Waals surface area contributed by atoms with Gasteiger partial charge in [0, 0.05) is 12.1 Å². The number of anilines is 1. The molecule has 0 saturated carbocycles. The van der Waals surface area contributed by atoms with Crippen molar-refractivity contribution in [2.75, 3.05) is 5.73 Å². The van der Waals surface area contributed by atoms with Crippen LogP contribution in [0.15, 0.2) is 24.3 Å². The summed E-state index contributed by atoms with van der Waals surface area (Å²) in [6.07, 6.45) is 0. The van der Waals surface area contributed by atoms with Crippen LogP contribution in [0.1, 0.15) is 25.2 Å². The molecule has 1 heterocycles. The van der Waals surface area contributed by atoms with Crippen LogP contribution in [0, 0.1) is 24.2 Å². The summed E-state index contributed by atoms with van der Waals surface area (Å²) in [5.74, 6) is 2.08. The predicted octanol–water partition coefficient (Wildman–Crippen LogP) is 2.97. The Kier molecular flexibility index (Phi) is 3.57. The molecule has 0 fully saturated rings. The van der Waals surface area contributed by atoms with E-state index in [2.05, 4.69) is 24.9 Å². The first kappa shape index (κ1) is 13.2. The van der Waals surface area contributed by atoms with E-state index in [4.69, 9.17) is 11.0 Å². The highest BCUT2D eigenvalue weighted by Crippen LogP contribution is 2.27. The Balaban J connectivity index is 2.49. The van der Waals surface area contributed by atoms with Gasteiger partial charge in [-0.3, -0.25) is 0 Å². The zero-order chi connectivity index (χ0) is 14.0. The summed E-state index contributed by atoms with van der Waals surface area (Å²) >= 11 is 0. The molecular weight excluding hydrogens is 236 g/mol. The van der Waals surface area contributed by atoms with Crippen molar-refractivity contribution in [3.63, 3.8) is 0 Å². The number of nitrogen functional groups attached to an aromatic ring is 1. The normalized spacial score (nSPS) is 10.7. The van der Waals surface area contributed by atoms with E-state index < -0.39 is 0 Å². The van der Waals surface area contributed by atoms with Crippen LogP contribution >= 0.6 is 0 Å². The van der Waals surface area contributed by atoms with Crippen LogP contribution in [0.5, 0.6) is 0 Å². The van der Waals surface area contributed by atoms with Gasteiger partial charge in [-0.05, 0) is 25.0 Å². The lowest BCUT2D eigenvalue weighted by Crippen LogP contribution is -2.09. The van der Waals surface area contributed by atoms with Crippen molar-refractivity contribution >= 4 is 5.82 Å². The third-order valence-corrected chi connectivity index (χ3v) is 3.01. The van der Waals surface area contributed by atoms with Crippen LogP contribution in [0.4, 0.5) is 5.82 Å². The monoisotopic (exact) mass is 254 g/mol. The third kappa shape index (κ3) is 2.60. The molecule has 2 rings (SSSR count). The standard InChI is InChI=1S/C15H18N4/c1-10(2)9-19-11(3)18-14(15(19)17)13-6-4-5-12(7-13)8-16/h4-7,10H,9,17H2,1-3H3. The average Bonchev–Trinajstić information content (AvgIpc) is 2.66. The number of aryl methyl sites for hydroxylation is 1. The molecule has 0 spiro atoms. The van der Waals surface area contributed by atoms with Crippen molar-refractivity contribution in [1.82, 2.24) is 9.55 Å². The van der Waals surface area contributed by atoms with Crippen molar-refractivity contribution in [2.24, 2.45) is 5.92 Å². The lowest BCUT2D eigenvalue weighted by molar-refractivity contribution is 0.518. The summed E-state index contributed by atoms with van der Waals surface area (Å²) in [7, 11) is 0. The van der Waals surface area contributed by atoms with Crippen molar-refractivity contribution in [1.29, 1.82) is 5.26 Å². The Hall–Kier alpha value is -2.28. The molecule has 2 aromatic rings. The van der Waals surface area contributed by atoms with Crippen LogP contribution in [0.2, 0.25) is 0 Å². The van der Waals surface area contributed by atoms with Gasteiger partial charge in [0.2, 0.25) is 0 Å². The van der Waals surface area contributed by atoms with Crippen molar-refractivity contribution in [3.8, 4) is 17.3 Å². The van der Waals surface area contributed by atoms with Crippen molar-refractivity contribution in [2.45, 2.75) is 27.3 Å². The van der Waals surface area contributed by atoms with E-state index in [-0.39, 0.29) is 0 Å². The molecule has 0 amide bonds. The number of hydrogen-bond donors (Lipinski definition) is 1. The molecule has 1 aromatic heterocycles. The minimum absolute atomic E-state index is 0.508. The topological polar surface area (TPSA) is 67.6 Å². The first-order valence-electron chi connectivity index (χ1n) is 6.36. The quantitative estimate of drug-likeness (QED) is 0.915.